The quantitative estimate of drug-likeness (QED) is 0.0772. The normalized spacial score (nSPS) is 16.5. The van der Waals surface area contributed by atoms with Crippen LogP contribution < -0.4 is 16.8 Å². The summed E-state index contributed by atoms with van der Waals surface area (Å²) in [6, 6.07) is 5.00. The number of nitrogens with two attached hydrogens (primary N) is 1. The Morgan fingerprint density at radius 3 is 2.70 bits per heavy atom. The summed E-state index contributed by atoms with van der Waals surface area (Å²) in [7, 11) is -4.62. The van der Waals surface area contributed by atoms with Crippen LogP contribution in [0.25, 0.3) is 22.0 Å². The molecule has 1 saturated carbocycles. The van der Waals surface area contributed by atoms with Crippen molar-refractivity contribution >= 4 is 36.7 Å². The van der Waals surface area contributed by atoms with Crippen molar-refractivity contribution in [3.8, 4) is 22.0 Å². The van der Waals surface area contributed by atoms with Crippen molar-refractivity contribution in [2.75, 3.05) is 18.5 Å². The second-order valence-electron chi connectivity index (χ2n) is 10.6. The van der Waals surface area contributed by atoms with Crippen LogP contribution in [0.1, 0.15) is 55.6 Å². The Bertz CT molecular complexity index is 1650. The summed E-state index contributed by atoms with van der Waals surface area (Å²) in [5, 5.41) is 22.1. The number of pyridine rings is 1. The van der Waals surface area contributed by atoms with Gasteiger partial charge in [0.1, 0.15) is 22.4 Å². The van der Waals surface area contributed by atoms with Crippen molar-refractivity contribution in [1.29, 1.82) is 0 Å². The molecule has 1 atom stereocenters. The molecule has 9 N–H and O–H groups in total. The van der Waals surface area contributed by atoms with E-state index in [2.05, 4.69) is 30.6 Å². The predicted octanol–water partition coefficient (Wildman–Crippen LogP) is 2.13. The van der Waals surface area contributed by atoms with E-state index < -0.39 is 32.5 Å². The lowest BCUT2D eigenvalue weighted by Gasteiger charge is -2.34. The molecule has 5 rings (SSSR count). The number of carbonyl (C=O) groups is 2. The van der Waals surface area contributed by atoms with Crippen LogP contribution in [0.3, 0.4) is 0 Å². The van der Waals surface area contributed by atoms with Crippen molar-refractivity contribution in [1.82, 2.24) is 29.5 Å². The van der Waals surface area contributed by atoms with Gasteiger partial charge < -0.3 is 36.4 Å². The van der Waals surface area contributed by atoms with E-state index in [9.17, 15) is 14.2 Å². The number of anilines is 1. The third-order valence-corrected chi connectivity index (χ3v) is 8.38. The van der Waals surface area contributed by atoms with E-state index in [1.54, 1.807) is 11.6 Å². The summed E-state index contributed by atoms with van der Waals surface area (Å²) in [5.74, 6) is -1.32. The number of carboxylic acids is 1. The average Bonchev–Trinajstić information content (AvgIpc) is 3.78. The molecule has 0 bridgehead atoms. The number of hydrogen-bond acceptors (Lipinski definition) is 11. The van der Waals surface area contributed by atoms with E-state index in [0.29, 0.717) is 40.7 Å². The summed E-state index contributed by atoms with van der Waals surface area (Å²) in [4.78, 5) is 49.7. The number of thiazole rings is 1. The summed E-state index contributed by atoms with van der Waals surface area (Å²) < 4.78 is 24.1. The lowest BCUT2D eigenvalue weighted by Crippen LogP contribution is -2.50. The largest absolute Gasteiger partial charge is 0.480 e. The number of ether oxygens (including phenoxy) is 1. The van der Waals surface area contributed by atoms with Crippen molar-refractivity contribution in [2.45, 2.75) is 63.9 Å². The molecule has 1 aliphatic carbocycles. The number of aliphatic carboxylic acids is 1. The Balaban J connectivity index is 0.000000434. The highest BCUT2D eigenvalue weighted by atomic mass is 32.1. The van der Waals surface area contributed by atoms with Gasteiger partial charge >= 0.3 is 13.8 Å². The van der Waals surface area contributed by atoms with Crippen LogP contribution in [0.15, 0.2) is 48.4 Å². The number of rotatable bonds is 15. The fourth-order valence-electron chi connectivity index (χ4n) is 4.53. The summed E-state index contributed by atoms with van der Waals surface area (Å²) in [6.45, 7) is 3.08. The number of carboxylic acid groups (broad SMARTS) is 1. The van der Waals surface area contributed by atoms with Crippen molar-refractivity contribution < 1.29 is 44.0 Å². The molecule has 19 heteroatoms. The first kappa shape index (κ1) is 36.0. The lowest BCUT2D eigenvalue weighted by atomic mass is 9.89. The second kappa shape index (κ2) is 16.8. The van der Waals surface area contributed by atoms with Crippen LogP contribution in [0.5, 0.6) is 0 Å². The molecule has 4 aromatic rings. The average molecular weight is 693 g/mol. The number of carbonyl (C=O) groups excluding carboxylic acids is 1. The number of hydrogen-bond donors (Lipinski definition) is 6. The summed E-state index contributed by atoms with van der Waals surface area (Å²) in [5.41, 5.74) is 11.4. The first-order chi connectivity index (χ1) is 22.5. The van der Waals surface area contributed by atoms with Crippen LogP contribution in [-0.4, -0.2) is 81.6 Å². The number of nitrogens with one attached hydrogen (secondary N) is 1. The Kier molecular flexibility index (Phi) is 12.9. The highest BCUT2D eigenvalue weighted by Gasteiger charge is 2.32. The predicted molar refractivity (Wildman–Crippen MR) is 171 cm³/mol. The highest BCUT2D eigenvalue weighted by Crippen LogP contribution is 2.37. The fourth-order valence-corrected chi connectivity index (χ4v) is 5.57. The third-order valence-electron chi connectivity index (χ3n) is 7.04. The second-order valence-corrected chi connectivity index (χ2v) is 12.7. The molecule has 0 radical (unpaired) electrons. The van der Waals surface area contributed by atoms with Gasteiger partial charge in [0.05, 0.1) is 36.3 Å². The zero-order valence-electron chi connectivity index (χ0n) is 25.7. The Labute approximate surface area is 274 Å². The van der Waals surface area contributed by atoms with Gasteiger partial charge in [0, 0.05) is 36.1 Å². The molecule has 17 nitrogen and oxygen atoms in total. The van der Waals surface area contributed by atoms with Crippen LogP contribution in [0, 0.1) is 0 Å². The number of unbranched alkanes of at least 4 members (excludes halogenated alkanes) is 1. The van der Waals surface area contributed by atoms with Gasteiger partial charge in [-0.3, -0.25) is 23.8 Å². The molecule has 254 valence electrons. The fraction of sp³-hybridized carbons (Fsp3) is 0.429. The van der Waals surface area contributed by atoms with Crippen molar-refractivity contribution in [3.05, 3.63) is 54.1 Å². The van der Waals surface area contributed by atoms with Gasteiger partial charge in [-0.2, -0.15) is 10.2 Å². The molecule has 1 unspecified atom stereocenters. The number of nitrogens with zero attached hydrogens (tertiary/aromatic N) is 6. The minimum Gasteiger partial charge on any atom is -0.480 e. The van der Waals surface area contributed by atoms with Crippen molar-refractivity contribution in [2.24, 2.45) is 5.73 Å². The first-order valence-corrected chi connectivity index (χ1v) is 17.3. The maximum Gasteiger partial charge on any atom is 0.471 e. The van der Waals surface area contributed by atoms with Crippen LogP contribution in [0.4, 0.5) is 5.69 Å². The first-order valence-electron chi connectivity index (χ1n) is 14.9. The monoisotopic (exact) mass is 692 g/mol. The zero-order valence-corrected chi connectivity index (χ0v) is 27.4. The van der Waals surface area contributed by atoms with Crippen LogP contribution in [-0.2, 0) is 25.4 Å². The molecule has 1 fully saturated rings. The Morgan fingerprint density at radius 1 is 1.26 bits per heavy atom. The van der Waals surface area contributed by atoms with Gasteiger partial charge in [-0.1, -0.05) is 6.07 Å². The van der Waals surface area contributed by atoms with Gasteiger partial charge in [-0.25, -0.2) is 14.2 Å². The molecular formula is C28H39N9O8PS+. The van der Waals surface area contributed by atoms with E-state index >= 15 is 0 Å². The number of amides is 1. The van der Waals surface area contributed by atoms with E-state index in [-0.39, 0.29) is 17.8 Å². The zero-order chi connectivity index (χ0) is 34.0. The lowest BCUT2D eigenvalue weighted by molar-refractivity contribution is -0.368. The smallest absolute Gasteiger partial charge is 0.471 e. The third kappa shape index (κ3) is 10.6. The molecular weight excluding hydrogens is 653 g/mol. The number of quaternary nitrogens is 1. The molecule has 0 aromatic carbocycles. The number of aromatic nitrogens is 6. The topological polar surface area (TPSA) is 257 Å². The molecule has 0 saturated heterocycles. The molecule has 0 aliphatic heterocycles. The summed E-state index contributed by atoms with van der Waals surface area (Å²) >= 11 is 1.24. The minimum absolute atomic E-state index is 0.182. The van der Waals surface area contributed by atoms with E-state index in [1.807, 2.05) is 36.0 Å². The van der Waals surface area contributed by atoms with Gasteiger partial charge in [0.15, 0.2) is 6.73 Å². The van der Waals surface area contributed by atoms with Crippen LogP contribution >= 0.6 is 19.2 Å². The van der Waals surface area contributed by atoms with E-state index in [1.165, 1.54) is 28.4 Å². The van der Waals surface area contributed by atoms with Crippen LogP contribution in [0.2, 0.25) is 0 Å². The summed E-state index contributed by atoms with van der Waals surface area (Å²) in [6.07, 6.45) is 10.8. The van der Waals surface area contributed by atoms with E-state index in [4.69, 9.17) is 30.5 Å². The van der Waals surface area contributed by atoms with Gasteiger partial charge in [-0.15, -0.1) is 11.3 Å². The number of phosphoric ester groups is 1. The Morgan fingerprint density at radius 2 is 2.04 bits per heavy atom. The van der Waals surface area contributed by atoms with Crippen molar-refractivity contribution in [3.63, 3.8) is 0 Å². The molecule has 4 heterocycles. The highest BCUT2D eigenvalue weighted by molar-refractivity contribution is 7.46. The molecule has 4 aromatic heterocycles. The molecule has 47 heavy (non-hydrogen) atoms. The standard InChI is InChI=1S/C22H24N7O6PS.C6H14N2O2/c1-2-34-16-7-15(8-16)29-11-18(20(27-29)17-5-3-4-6-23-17)25-21(30)19-12-37-22(26-19)14-9-24-28(10-14)13-35-36(31,32)33;7-4-2-1-3-5(8)6(9)10/h3-6,9-12,15-16H,2,7-8,13H2,1H3,(H,25,30)(H2,31,32,33);5H,1-4,7-8H2,(H,9,10)/p+1. The van der Waals surface area contributed by atoms with Gasteiger partial charge in [0.25, 0.3) is 5.91 Å². The number of phosphoric acid groups is 1. The van der Waals surface area contributed by atoms with Gasteiger partial charge in [-0.05, 0) is 51.2 Å². The molecule has 1 aliphatic rings. The van der Waals surface area contributed by atoms with E-state index in [0.717, 1.165) is 32.2 Å². The minimum atomic E-state index is -4.62. The maximum absolute atomic E-state index is 13.1. The maximum atomic E-state index is 13.1. The Hall–Kier alpha value is -3.87. The van der Waals surface area contributed by atoms with Gasteiger partial charge in [0.2, 0.25) is 0 Å². The molecule has 0 spiro atoms. The SMILES string of the molecule is CCOC1CC(n2cc(NC(=O)c3csc(-c4cnn(COP(=O)(O)O)c4)n3)c(-c3ccccn3)n2)C1.NC(CCCC[NH3+])C(=O)O. The molecule has 1 amide bonds.